The maximum Gasteiger partial charge on any atom is 0.490 e. The van der Waals surface area contributed by atoms with Crippen molar-refractivity contribution in [2.45, 2.75) is 83.0 Å². The van der Waals surface area contributed by atoms with Crippen LogP contribution in [0.5, 0.6) is 0 Å². The molecule has 3 rings (SSSR count). The fraction of sp³-hybridized carbons (Fsp3) is 0.857. The van der Waals surface area contributed by atoms with Gasteiger partial charge in [-0.1, -0.05) is 6.92 Å². The predicted octanol–water partition coefficient (Wildman–Crippen LogP) is 2.89. The molecule has 3 heterocycles. The molecular formula is C21H34F3N3O4. The van der Waals surface area contributed by atoms with Gasteiger partial charge in [-0.2, -0.15) is 13.2 Å². The van der Waals surface area contributed by atoms with E-state index in [1.807, 2.05) is 9.80 Å². The Morgan fingerprint density at radius 2 is 1.68 bits per heavy atom. The second kappa shape index (κ2) is 10.7. The third kappa shape index (κ3) is 6.57. The zero-order valence-electron chi connectivity index (χ0n) is 18.4. The molecule has 3 saturated heterocycles. The Hall–Kier alpha value is -1.84. The van der Waals surface area contributed by atoms with E-state index in [2.05, 4.69) is 18.7 Å². The van der Waals surface area contributed by atoms with Crippen LogP contribution in [0.15, 0.2) is 0 Å². The van der Waals surface area contributed by atoms with Crippen molar-refractivity contribution in [1.29, 1.82) is 0 Å². The van der Waals surface area contributed by atoms with Gasteiger partial charge >= 0.3 is 12.1 Å². The van der Waals surface area contributed by atoms with Crippen molar-refractivity contribution in [3.8, 4) is 0 Å². The first kappa shape index (κ1) is 25.4. The molecule has 3 aliphatic heterocycles. The van der Waals surface area contributed by atoms with Crippen molar-refractivity contribution in [2.75, 3.05) is 32.7 Å². The van der Waals surface area contributed by atoms with Crippen LogP contribution in [-0.2, 0) is 14.4 Å². The van der Waals surface area contributed by atoms with Gasteiger partial charge in [0.25, 0.3) is 0 Å². The van der Waals surface area contributed by atoms with E-state index in [0.29, 0.717) is 19.0 Å². The van der Waals surface area contributed by atoms with E-state index in [9.17, 15) is 22.8 Å². The van der Waals surface area contributed by atoms with Crippen molar-refractivity contribution in [2.24, 2.45) is 0 Å². The minimum Gasteiger partial charge on any atom is -0.475 e. The van der Waals surface area contributed by atoms with Crippen molar-refractivity contribution in [1.82, 2.24) is 14.7 Å². The Balaban J connectivity index is 0.000000423. The zero-order chi connectivity index (χ0) is 23.2. The summed E-state index contributed by atoms with van der Waals surface area (Å²) in [5.74, 6) is -2.41. The summed E-state index contributed by atoms with van der Waals surface area (Å²) in [5, 5.41) is 7.12. The predicted molar refractivity (Wildman–Crippen MR) is 108 cm³/mol. The van der Waals surface area contributed by atoms with E-state index in [-0.39, 0.29) is 17.4 Å². The number of alkyl halides is 3. The highest BCUT2D eigenvalue weighted by atomic mass is 19.4. The van der Waals surface area contributed by atoms with Crippen LogP contribution in [0.2, 0.25) is 0 Å². The molecule has 2 unspecified atom stereocenters. The molecule has 2 amide bonds. The molecule has 3 fully saturated rings. The lowest BCUT2D eigenvalue weighted by atomic mass is 9.87. The van der Waals surface area contributed by atoms with Gasteiger partial charge in [-0.05, 0) is 58.4 Å². The quantitative estimate of drug-likeness (QED) is 0.714. The van der Waals surface area contributed by atoms with Crippen LogP contribution in [0, 0.1) is 0 Å². The number of carboxylic acid groups (broad SMARTS) is 1. The van der Waals surface area contributed by atoms with Gasteiger partial charge < -0.3 is 19.8 Å². The number of rotatable bonds is 4. The van der Waals surface area contributed by atoms with Gasteiger partial charge in [0.05, 0.1) is 0 Å². The molecule has 1 spiro atoms. The SMILES string of the molecule is CCC(C)N1CCCC2(CCC(=O)N2CC(=O)N2CCCC2)CC1.O=C(O)C(F)(F)F. The molecular weight excluding hydrogens is 415 g/mol. The van der Waals surface area contributed by atoms with E-state index in [1.165, 1.54) is 6.42 Å². The largest absolute Gasteiger partial charge is 0.490 e. The molecule has 0 radical (unpaired) electrons. The standard InChI is InChI=1S/C19H33N3O2.C2HF3O2/c1-3-16(2)20-13-6-8-19(10-14-20)9-7-17(23)22(19)15-18(24)21-11-4-5-12-21;3-2(4,5)1(6)7/h16H,3-15H2,1-2H3;(H,6,7). The monoisotopic (exact) mass is 449 g/mol. The van der Waals surface area contributed by atoms with Crippen LogP contribution in [0.3, 0.4) is 0 Å². The number of carboxylic acids is 1. The summed E-state index contributed by atoms with van der Waals surface area (Å²) in [7, 11) is 0. The van der Waals surface area contributed by atoms with Crippen molar-refractivity contribution in [3.63, 3.8) is 0 Å². The molecule has 0 saturated carbocycles. The molecule has 3 aliphatic rings. The van der Waals surface area contributed by atoms with Crippen LogP contribution >= 0.6 is 0 Å². The lowest BCUT2D eigenvalue weighted by Crippen LogP contribution is -2.51. The van der Waals surface area contributed by atoms with E-state index >= 15 is 0 Å². The summed E-state index contributed by atoms with van der Waals surface area (Å²) >= 11 is 0. The van der Waals surface area contributed by atoms with Crippen LogP contribution in [-0.4, -0.2) is 88.1 Å². The lowest BCUT2D eigenvalue weighted by Gasteiger charge is -2.38. The number of carbonyl (C=O) groups is 3. The normalized spacial score (nSPS) is 25.9. The number of aliphatic carboxylic acids is 1. The molecule has 0 aliphatic carbocycles. The zero-order valence-corrected chi connectivity index (χ0v) is 18.4. The smallest absolute Gasteiger partial charge is 0.475 e. The Morgan fingerprint density at radius 3 is 2.23 bits per heavy atom. The summed E-state index contributed by atoms with van der Waals surface area (Å²) in [6.45, 7) is 8.76. The van der Waals surface area contributed by atoms with E-state index in [0.717, 1.165) is 64.7 Å². The highest BCUT2D eigenvalue weighted by molar-refractivity contribution is 5.87. The van der Waals surface area contributed by atoms with Gasteiger partial charge in [0.15, 0.2) is 0 Å². The third-order valence-corrected chi connectivity index (χ3v) is 6.84. The molecule has 0 bridgehead atoms. The lowest BCUT2D eigenvalue weighted by molar-refractivity contribution is -0.192. The summed E-state index contributed by atoms with van der Waals surface area (Å²) < 4.78 is 31.7. The average Bonchev–Trinajstić information content (AvgIpc) is 3.28. The van der Waals surface area contributed by atoms with Gasteiger partial charge in [0, 0.05) is 37.6 Å². The fourth-order valence-corrected chi connectivity index (χ4v) is 4.75. The van der Waals surface area contributed by atoms with Gasteiger partial charge in [0.2, 0.25) is 11.8 Å². The van der Waals surface area contributed by atoms with E-state index in [1.54, 1.807) is 0 Å². The Morgan fingerprint density at radius 1 is 1.06 bits per heavy atom. The van der Waals surface area contributed by atoms with E-state index in [4.69, 9.17) is 9.90 Å². The minimum absolute atomic E-state index is 0.0608. The number of carbonyl (C=O) groups excluding carboxylic acids is 2. The summed E-state index contributed by atoms with van der Waals surface area (Å²) in [5.41, 5.74) is -0.0608. The second-order valence-electron chi connectivity index (χ2n) is 8.74. The number of nitrogens with zero attached hydrogens (tertiary/aromatic N) is 3. The highest BCUT2D eigenvalue weighted by Crippen LogP contribution is 2.39. The molecule has 0 aromatic carbocycles. The molecule has 0 aromatic rings. The first-order valence-corrected chi connectivity index (χ1v) is 11.1. The van der Waals surface area contributed by atoms with Crippen LogP contribution in [0.1, 0.15) is 65.2 Å². The first-order chi connectivity index (χ1) is 14.5. The van der Waals surface area contributed by atoms with Gasteiger partial charge in [-0.25, -0.2) is 4.79 Å². The van der Waals surface area contributed by atoms with Gasteiger partial charge in [-0.3, -0.25) is 9.59 Å². The second-order valence-corrected chi connectivity index (χ2v) is 8.74. The fourth-order valence-electron chi connectivity index (χ4n) is 4.75. The third-order valence-electron chi connectivity index (χ3n) is 6.84. The van der Waals surface area contributed by atoms with E-state index < -0.39 is 12.1 Å². The minimum atomic E-state index is -5.08. The maximum absolute atomic E-state index is 12.6. The molecule has 178 valence electrons. The number of hydrogen-bond donors (Lipinski definition) is 1. The maximum atomic E-state index is 12.6. The molecule has 7 nitrogen and oxygen atoms in total. The van der Waals surface area contributed by atoms with Gasteiger partial charge in [-0.15, -0.1) is 0 Å². The Kier molecular flexibility index (Phi) is 8.73. The number of halogens is 3. The highest BCUT2D eigenvalue weighted by Gasteiger charge is 2.47. The molecule has 31 heavy (non-hydrogen) atoms. The Labute approximate surface area is 181 Å². The van der Waals surface area contributed by atoms with Crippen molar-refractivity contribution < 1.29 is 32.7 Å². The van der Waals surface area contributed by atoms with Crippen LogP contribution in [0.25, 0.3) is 0 Å². The van der Waals surface area contributed by atoms with Crippen molar-refractivity contribution in [3.05, 3.63) is 0 Å². The van der Waals surface area contributed by atoms with Crippen LogP contribution < -0.4 is 0 Å². The van der Waals surface area contributed by atoms with Crippen LogP contribution in [0.4, 0.5) is 13.2 Å². The molecule has 10 heteroatoms. The number of likely N-dealkylation sites (tertiary alicyclic amines) is 3. The van der Waals surface area contributed by atoms with Crippen molar-refractivity contribution >= 4 is 17.8 Å². The first-order valence-electron chi connectivity index (χ1n) is 11.1. The Bertz CT molecular complexity index is 652. The number of amides is 2. The molecule has 1 N–H and O–H groups in total. The molecule has 2 atom stereocenters. The molecule has 0 aromatic heterocycles. The summed E-state index contributed by atoms with van der Waals surface area (Å²) in [6.07, 6.45) is 3.07. The average molecular weight is 450 g/mol. The summed E-state index contributed by atoms with van der Waals surface area (Å²) in [6, 6.07) is 0.608. The summed E-state index contributed by atoms with van der Waals surface area (Å²) in [4.78, 5) is 40.5. The topological polar surface area (TPSA) is 81.2 Å². The number of hydrogen-bond acceptors (Lipinski definition) is 4. The van der Waals surface area contributed by atoms with Gasteiger partial charge in [0.1, 0.15) is 6.54 Å².